The third-order valence-corrected chi connectivity index (χ3v) is 12.1. The topological polar surface area (TPSA) is 67.8 Å². The second kappa shape index (κ2) is 11.3. The summed E-state index contributed by atoms with van der Waals surface area (Å²) in [6.07, 6.45) is -0.845. The van der Waals surface area contributed by atoms with Gasteiger partial charge in [0, 0.05) is 5.92 Å². The summed E-state index contributed by atoms with van der Waals surface area (Å²) < 4.78 is 12.0. The van der Waals surface area contributed by atoms with E-state index in [0.717, 1.165) is 0 Å². The summed E-state index contributed by atoms with van der Waals surface area (Å²) in [5, 5.41) is 14.1. The van der Waals surface area contributed by atoms with Crippen LogP contribution in [0.3, 0.4) is 0 Å². The van der Waals surface area contributed by atoms with Crippen LogP contribution < -0.4 is 5.32 Å². The van der Waals surface area contributed by atoms with Gasteiger partial charge in [0.2, 0.25) is 0 Å². The lowest BCUT2D eigenvalue weighted by molar-refractivity contribution is 0.107. The average Bonchev–Trinajstić information content (AvgIpc) is 3.13. The van der Waals surface area contributed by atoms with Crippen molar-refractivity contribution in [2.75, 3.05) is 13.2 Å². The maximum absolute atomic E-state index is 12.9. The smallest absolute Gasteiger partial charge is 0.407 e. The van der Waals surface area contributed by atoms with Crippen LogP contribution in [-0.4, -0.2) is 44.9 Å². The zero-order chi connectivity index (χ0) is 26.7. The fourth-order valence-corrected chi connectivity index (χ4v) is 5.40. The van der Waals surface area contributed by atoms with Gasteiger partial charge in [0.1, 0.15) is 6.61 Å². The molecular weight excluding hydrogens is 466 g/mol. The first kappa shape index (κ1) is 28.2. The summed E-state index contributed by atoms with van der Waals surface area (Å²) in [5.41, 5.74) is 5.29. The average molecular weight is 510 g/mol. The molecule has 1 amide bonds. The minimum absolute atomic E-state index is 0.00965. The molecule has 0 aromatic heterocycles. The van der Waals surface area contributed by atoms with E-state index >= 15 is 0 Å². The first-order valence-corrected chi connectivity index (χ1v) is 15.8. The van der Waals surface area contributed by atoms with Gasteiger partial charge in [-0.05, 0) is 58.3 Å². The molecule has 0 saturated heterocycles. The number of hydrogen-bond acceptors (Lipinski definition) is 4. The summed E-state index contributed by atoms with van der Waals surface area (Å²) in [5.74, 6) is 0.261. The van der Waals surface area contributed by atoms with E-state index < -0.39 is 26.6 Å². The Kier molecular flexibility index (Phi) is 8.86. The van der Waals surface area contributed by atoms with Crippen molar-refractivity contribution < 1.29 is 19.1 Å². The quantitative estimate of drug-likeness (QED) is 0.271. The van der Waals surface area contributed by atoms with Gasteiger partial charge in [-0.25, -0.2) is 4.79 Å². The van der Waals surface area contributed by atoms with E-state index in [4.69, 9.17) is 9.16 Å². The van der Waals surface area contributed by atoms with Crippen LogP contribution in [0.2, 0.25) is 18.1 Å². The lowest BCUT2D eigenvalue weighted by Gasteiger charge is -2.37. The second-order valence-corrected chi connectivity index (χ2v) is 16.7. The number of nitrogens with one attached hydrogen (secondary N) is 1. The molecule has 2 atom stereocenters. The minimum Gasteiger partial charge on any atom is -0.449 e. The van der Waals surface area contributed by atoms with Crippen LogP contribution in [-0.2, 0) is 9.16 Å². The van der Waals surface area contributed by atoms with Crippen molar-refractivity contribution in [3.05, 3.63) is 71.8 Å². The molecule has 0 unspecified atom stereocenters. The van der Waals surface area contributed by atoms with E-state index in [9.17, 15) is 9.90 Å². The highest BCUT2D eigenvalue weighted by Crippen LogP contribution is 2.44. The maximum atomic E-state index is 12.9. The summed E-state index contributed by atoms with van der Waals surface area (Å²) in [7, 11) is -1.98. The monoisotopic (exact) mass is 509 g/mol. The number of ether oxygens (including phenoxy) is 1. The third-order valence-electron chi connectivity index (χ3n) is 7.60. The molecule has 1 aliphatic carbocycles. The molecule has 0 aliphatic heterocycles. The highest BCUT2D eigenvalue weighted by Gasteiger charge is 2.38. The van der Waals surface area contributed by atoms with Gasteiger partial charge < -0.3 is 19.6 Å². The van der Waals surface area contributed by atoms with Crippen LogP contribution in [0.25, 0.3) is 11.1 Å². The molecule has 2 N–H and O–H groups in total. The largest absolute Gasteiger partial charge is 0.449 e. The Balaban J connectivity index is 1.64. The maximum Gasteiger partial charge on any atom is 0.407 e. The lowest BCUT2D eigenvalue weighted by atomic mass is 9.95. The van der Waals surface area contributed by atoms with Crippen LogP contribution in [0.5, 0.6) is 0 Å². The molecule has 0 heterocycles. The van der Waals surface area contributed by atoms with Crippen molar-refractivity contribution in [1.82, 2.24) is 5.32 Å². The van der Waals surface area contributed by atoms with E-state index in [1.54, 1.807) is 0 Å². The SMILES string of the molecule is C=C(CO[Si](C)(C)C(C)(C)C)[C@@H](O)[C@H](CC(C)C)NC(=O)OCC1c2ccccc2-c2ccccc21. The predicted octanol–water partition coefficient (Wildman–Crippen LogP) is 6.88. The molecule has 0 fully saturated rings. The lowest BCUT2D eigenvalue weighted by Crippen LogP contribution is -2.47. The number of carbonyl (C=O) groups is 1. The van der Waals surface area contributed by atoms with Crippen LogP contribution in [0.15, 0.2) is 60.7 Å². The molecule has 196 valence electrons. The molecule has 5 nitrogen and oxygen atoms in total. The Morgan fingerprint density at radius 1 is 1.06 bits per heavy atom. The molecule has 3 rings (SSSR count). The minimum atomic E-state index is -1.98. The molecule has 0 radical (unpaired) electrons. The van der Waals surface area contributed by atoms with Gasteiger partial charge in [-0.3, -0.25) is 0 Å². The van der Waals surface area contributed by atoms with Gasteiger partial charge in [0.25, 0.3) is 0 Å². The summed E-state index contributed by atoms with van der Waals surface area (Å²) in [6.45, 7) is 19.6. The van der Waals surface area contributed by atoms with Gasteiger partial charge in [0.15, 0.2) is 8.32 Å². The van der Waals surface area contributed by atoms with Crippen molar-refractivity contribution in [3.63, 3.8) is 0 Å². The first-order valence-electron chi connectivity index (χ1n) is 12.9. The number of aliphatic hydroxyl groups is 1. The standard InChI is InChI=1S/C30H43NO4Si/c1-20(2)17-27(28(32)21(3)18-35-36(7,8)30(4,5)6)31-29(33)34-19-26-24-15-11-9-13-22(24)23-14-10-12-16-25(23)26/h9-16,20,26-28,32H,3,17-19H2,1-2,4-8H3,(H,31,33)/t27-,28+/m0/s1. The van der Waals surface area contributed by atoms with Crippen molar-refractivity contribution in [2.45, 2.75) is 77.2 Å². The Labute approximate surface area is 218 Å². The van der Waals surface area contributed by atoms with Gasteiger partial charge in [-0.2, -0.15) is 0 Å². The van der Waals surface area contributed by atoms with Crippen LogP contribution >= 0.6 is 0 Å². The van der Waals surface area contributed by atoms with Gasteiger partial charge >= 0.3 is 6.09 Å². The highest BCUT2D eigenvalue weighted by atomic mass is 28.4. The van der Waals surface area contributed by atoms with Crippen molar-refractivity contribution in [2.24, 2.45) is 5.92 Å². The summed E-state index contributed by atoms with van der Waals surface area (Å²) in [6, 6.07) is 16.0. The normalized spacial score (nSPS) is 15.2. The predicted molar refractivity (Wildman–Crippen MR) is 150 cm³/mol. The zero-order valence-corrected chi connectivity index (χ0v) is 23.9. The molecule has 0 bridgehead atoms. The number of fused-ring (bicyclic) bond motifs is 3. The fourth-order valence-electron chi connectivity index (χ4n) is 4.43. The molecule has 0 saturated carbocycles. The zero-order valence-electron chi connectivity index (χ0n) is 22.9. The number of benzene rings is 2. The number of alkyl carbamates (subject to hydrolysis) is 1. The fraction of sp³-hybridized carbons (Fsp3) is 0.500. The molecule has 6 heteroatoms. The van der Waals surface area contributed by atoms with E-state index in [0.29, 0.717) is 12.0 Å². The van der Waals surface area contributed by atoms with Gasteiger partial charge in [-0.1, -0.05) is 89.7 Å². The Hall–Kier alpha value is -2.41. The van der Waals surface area contributed by atoms with Crippen molar-refractivity contribution in [3.8, 4) is 11.1 Å². The molecule has 2 aromatic carbocycles. The van der Waals surface area contributed by atoms with E-state index in [-0.39, 0.29) is 30.1 Å². The first-order chi connectivity index (χ1) is 16.8. The number of carbonyl (C=O) groups excluding carboxylic acids is 1. The second-order valence-electron chi connectivity index (χ2n) is 11.9. The molecule has 36 heavy (non-hydrogen) atoms. The number of aliphatic hydroxyl groups excluding tert-OH is 1. The number of amides is 1. The van der Waals surface area contributed by atoms with Gasteiger partial charge in [-0.15, -0.1) is 0 Å². The number of hydrogen-bond donors (Lipinski definition) is 2. The summed E-state index contributed by atoms with van der Waals surface area (Å²) in [4.78, 5) is 12.9. The number of rotatable bonds is 10. The Morgan fingerprint density at radius 2 is 1.58 bits per heavy atom. The summed E-state index contributed by atoms with van der Waals surface area (Å²) >= 11 is 0. The van der Waals surface area contributed by atoms with E-state index in [2.05, 4.69) is 83.9 Å². The van der Waals surface area contributed by atoms with Gasteiger partial charge in [0.05, 0.1) is 18.8 Å². The Morgan fingerprint density at radius 3 is 2.08 bits per heavy atom. The molecular formula is C30H43NO4Si. The van der Waals surface area contributed by atoms with Crippen LogP contribution in [0, 0.1) is 5.92 Å². The highest BCUT2D eigenvalue weighted by molar-refractivity contribution is 6.74. The molecule has 0 spiro atoms. The third kappa shape index (κ3) is 6.47. The van der Waals surface area contributed by atoms with Crippen molar-refractivity contribution in [1.29, 1.82) is 0 Å². The van der Waals surface area contributed by atoms with E-state index in [1.807, 2.05) is 24.3 Å². The van der Waals surface area contributed by atoms with E-state index in [1.165, 1.54) is 22.3 Å². The van der Waals surface area contributed by atoms with Crippen LogP contribution in [0.4, 0.5) is 4.79 Å². The van der Waals surface area contributed by atoms with Crippen molar-refractivity contribution >= 4 is 14.4 Å². The molecule has 2 aromatic rings. The van der Waals surface area contributed by atoms with Crippen LogP contribution in [0.1, 0.15) is 58.1 Å². The Bertz CT molecular complexity index is 1030. The molecule has 1 aliphatic rings.